The van der Waals surface area contributed by atoms with Gasteiger partial charge < -0.3 is 5.11 Å². The van der Waals surface area contributed by atoms with E-state index in [1.807, 2.05) is 0 Å². The largest absolute Gasteiger partial charge is 0.480 e. The van der Waals surface area contributed by atoms with Gasteiger partial charge in [0.05, 0.1) is 10.7 Å². The molecule has 20 heavy (non-hydrogen) atoms. The molecule has 0 fully saturated rings. The van der Waals surface area contributed by atoms with E-state index < -0.39 is 42.7 Å². The molecule has 1 aromatic rings. The van der Waals surface area contributed by atoms with Gasteiger partial charge in [-0.3, -0.25) is 14.9 Å². The first kappa shape index (κ1) is 16.0. The van der Waals surface area contributed by atoms with Gasteiger partial charge in [0.1, 0.15) is 0 Å². The molecule has 0 spiro atoms. The van der Waals surface area contributed by atoms with Gasteiger partial charge in [0.25, 0.3) is 0 Å². The van der Waals surface area contributed by atoms with E-state index in [9.17, 15) is 27.7 Å². The monoisotopic (exact) mass is 305 g/mol. The third kappa shape index (κ3) is 2.93. The Kier molecular flexibility index (Phi) is 4.13. The van der Waals surface area contributed by atoms with Crippen molar-refractivity contribution >= 4 is 21.5 Å². The van der Waals surface area contributed by atoms with E-state index in [1.54, 1.807) is 0 Å². The van der Waals surface area contributed by atoms with Crippen molar-refractivity contribution in [3.8, 4) is 0 Å². The average Bonchev–Trinajstić information content (AvgIpc) is 2.27. The summed E-state index contributed by atoms with van der Waals surface area (Å²) in [5.74, 6) is -3.42. The Balaban J connectivity index is 3.15. The molecule has 110 valence electrons. The second kappa shape index (κ2) is 5.16. The summed E-state index contributed by atoms with van der Waals surface area (Å²) < 4.78 is 35.3. The van der Waals surface area contributed by atoms with Gasteiger partial charge in [0, 0.05) is 6.07 Å². The fourth-order valence-electron chi connectivity index (χ4n) is 1.32. The van der Waals surface area contributed by atoms with E-state index in [0.717, 1.165) is 26.0 Å². The molecule has 0 saturated heterocycles. The first-order chi connectivity index (χ1) is 8.99. The van der Waals surface area contributed by atoms with Gasteiger partial charge in [-0.15, -0.1) is 0 Å². The van der Waals surface area contributed by atoms with Crippen LogP contribution in [0.3, 0.4) is 0 Å². The van der Waals surface area contributed by atoms with Gasteiger partial charge in [0.15, 0.2) is 14.6 Å². The predicted octanol–water partition coefficient (Wildman–Crippen LogP) is 1.51. The fourth-order valence-corrected chi connectivity index (χ4v) is 2.57. The number of carbonyl (C=O) groups is 1. The van der Waals surface area contributed by atoms with Crippen molar-refractivity contribution < 1.29 is 27.6 Å². The number of aliphatic carboxylic acids is 1. The summed E-state index contributed by atoms with van der Waals surface area (Å²) in [6, 6.07) is 2.64. The third-order valence-corrected chi connectivity index (χ3v) is 5.30. The van der Waals surface area contributed by atoms with Crippen LogP contribution in [0.5, 0.6) is 0 Å². The second-order valence-electron chi connectivity index (χ2n) is 4.62. The van der Waals surface area contributed by atoms with Crippen molar-refractivity contribution in [2.75, 3.05) is 0 Å². The van der Waals surface area contributed by atoms with Crippen LogP contribution < -0.4 is 0 Å². The lowest BCUT2D eigenvalue weighted by atomic mass is 10.2. The lowest BCUT2D eigenvalue weighted by molar-refractivity contribution is -0.387. The Bertz CT molecular complexity index is 667. The number of benzene rings is 1. The van der Waals surface area contributed by atoms with Crippen LogP contribution in [0.1, 0.15) is 19.4 Å². The van der Waals surface area contributed by atoms with E-state index >= 15 is 0 Å². The van der Waals surface area contributed by atoms with Gasteiger partial charge in [-0.05, 0) is 25.5 Å². The summed E-state index contributed by atoms with van der Waals surface area (Å²) in [6.45, 7) is 2.04. The molecule has 0 heterocycles. The number of halogens is 1. The first-order valence-electron chi connectivity index (χ1n) is 5.37. The first-order valence-corrected chi connectivity index (χ1v) is 7.03. The summed E-state index contributed by atoms with van der Waals surface area (Å²) in [5.41, 5.74) is -0.828. The standard InChI is InChI=1S/C11H12FNO6S/c1-11(2,10(14)15)20(18,19)6-7-3-4-9(13(16)17)8(12)5-7/h3-5H,6H2,1-2H3,(H,14,15). The molecular weight excluding hydrogens is 293 g/mol. The van der Waals surface area contributed by atoms with Gasteiger partial charge in [0.2, 0.25) is 5.82 Å². The topological polar surface area (TPSA) is 115 Å². The van der Waals surface area contributed by atoms with E-state index in [2.05, 4.69) is 0 Å². The minimum atomic E-state index is -4.10. The Hall–Kier alpha value is -2.03. The zero-order chi connectivity index (χ0) is 15.7. The maximum Gasteiger partial charge on any atom is 0.324 e. The van der Waals surface area contributed by atoms with E-state index in [4.69, 9.17) is 5.11 Å². The summed E-state index contributed by atoms with van der Waals surface area (Å²) in [6.07, 6.45) is 0. The van der Waals surface area contributed by atoms with Gasteiger partial charge in [-0.1, -0.05) is 6.07 Å². The molecule has 7 nitrogen and oxygen atoms in total. The third-order valence-electron chi connectivity index (χ3n) is 2.86. The molecule has 0 bridgehead atoms. The van der Waals surface area contributed by atoms with Gasteiger partial charge in [-0.2, -0.15) is 4.39 Å². The van der Waals surface area contributed by atoms with Crippen LogP contribution in [-0.4, -0.2) is 29.2 Å². The quantitative estimate of drug-likeness (QED) is 0.651. The van der Waals surface area contributed by atoms with Crippen molar-refractivity contribution in [3.05, 3.63) is 39.7 Å². The zero-order valence-electron chi connectivity index (χ0n) is 10.7. The maximum atomic E-state index is 13.4. The lowest BCUT2D eigenvalue weighted by Gasteiger charge is -2.19. The zero-order valence-corrected chi connectivity index (χ0v) is 11.5. The number of nitro groups is 1. The molecule has 0 aliphatic rings. The van der Waals surface area contributed by atoms with Crippen LogP contribution in [0.2, 0.25) is 0 Å². The molecule has 1 N–H and O–H groups in total. The minimum Gasteiger partial charge on any atom is -0.480 e. The highest BCUT2D eigenvalue weighted by atomic mass is 32.2. The van der Waals surface area contributed by atoms with Crippen LogP contribution in [-0.2, 0) is 20.4 Å². The summed E-state index contributed by atoms with van der Waals surface area (Å²) in [7, 11) is -4.10. The number of hydrogen-bond acceptors (Lipinski definition) is 5. The molecular formula is C11H12FNO6S. The van der Waals surface area contributed by atoms with Crippen molar-refractivity contribution in [2.24, 2.45) is 0 Å². The highest BCUT2D eigenvalue weighted by Gasteiger charge is 2.41. The highest BCUT2D eigenvalue weighted by molar-refractivity contribution is 7.92. The van der Waals surface area contributed by atoms with Gasteiger partial charge >= 0.3 is 11.7 Å². The molecule has 0 radical (unpaired) electrons. The fraction of sp³-hybridized carbons (Fsp3) is 0.364. The number of sulfone groups is 1. The van der Waals surface area contributed by atoms with Crippen LogP contribution in [0.4, 0.5) is 10.1 Å². The number of carboxylic acids is 1. The Morgan fingerprint density at radius 2 is 2.00 bits per heavy atom. The molecule has 0 atom stereocenters. The molecule has 9 heteroatoms. The Labute approximate surface area is 114 Å². The summed E-state index contributed by atoms with van der Waals surface area (Å²) in [4.78, 5) is 20.4. The molecule has 1 aromatic carbocycles. The Morgan fingerprint density at radius 1 is 1.45 bits per heavy atom. The molecule has 0 aliphatic carbocycles. The number of hydrogen-bond donors (Lipinski definition) is 1. The molecule has 1 rings (SSSR count). The maximum absolute atomic E-state index is 13.4. The number of carboxylic acid groups (broad SMARTS) is 1. The van der Waals surface area contributed by atoms with Crippen molar-refractivity contribution in [1.29, 1.82) is 0 Å². The van der Waals surface area contributed by atoms with Crippen molar-refractivity contribution in [1.82, 2.24) is 0 Å². The number of nitrogens with zero attached hydrogens (tertiary/aromatic N) is 1. The smallest absolute Gasteiger partial charge is 0.324 e. The van der Waals surface area contributed by atoms with E-state index in [1.165, 1.54) is 0 Å². The molecule has 0 amide bonds. The highest BCUT2D eigenvalue weighted by Crippen LogP contribution is 2.24. The number of rotatable bonds is 5. The average molecular weight is 305 g/mol. The van der Waals surface area contributed by atoms with Crippen molar-refractivity contribution in [3.63, 3.8) is 0 Å². The lowest BCUT2D eigenvalue weighted by Crippen LogP contribution is -2.41. The van der Waals surface area contributed by atoms with E-state index in [-0.39, 0.29) is 5.56 Å². The Morgan fingerprint density at radius 3 is 2.40 bits per heavy atom. The second-order valence-corrected chi connectivity index (χ2v) is 7.16. The SMILES string of the molecule is CC(C)(C(=O)O)S(=O)(=O)Cc1ccc([N+](=O)[O-])c(F)c1. The summed E-state index contributed by atoms with van der Waals surface area (Å²) >= 11 is 0. The minimum absolute atomic E-state index is 0.0533. The van der Waals surface area contributed by atoms with E-state index in [0.29, 0.717) is 6.07 Å². The van der Waals surface area contributed by atoms with Crippen LogP contribution in [0.15, 0.2) is 18.2 Å². The molecule has 0 saturated carbocycles. The van der Waals surface area contributed by atoms with Crippen molar-refractivity contribution in [2.45, 2.75) is 24.3 Å². The normalized spacial score (nSPS) is 12.2. The molecule has 0 aromatic heterocycles. The summed E-state index contributed by atoms with van der Waals surface area (Å²) in [5, 5.41) is 19.3. The van der Waals surface area contributed by atoms with Crippen LogP contribution in [0.25, 0.3) is 0 Å². The number of nitro benzene ring substituents is 1. The van der Waals surface area contributed by atoms with Crippen LogP contribution >= 0.6 is 0 Å². The predicted molar refractivity (Wildman–Crippen MR) is 67.4 cm³/mol. The molecule has 0 unspecified atom stereocenters. The molecule has 0 aliphatic heterocycles. The van der Waals surface area contributed by atoms with Crippen LogP contribution in [0, 0.1) is 15.9 Å². The van der Waals surface area contributed by atoms with Gasteiger partial charge in [-0.25, -0.2) is 8.42 Å².